The molecule has 0 fully saturated rings. The first-order valence-corrected chi connectivity index (χ1v) is 14.5. The highest BCUT2D eigenvalue weighted by Gasteiger charge is 2.63. The van der Waals surface area contributed by atoms with Crippen LogP contribution >= 0.6 is 0 Å². The summed E-state index contributed by atoms with van der Waals surface area (Å²) in [5, 5.41) is 47.9. The van der Waals surface area contributed by atoms with E-state index in [1.54, 1.807) is 50.7 Å². The quantitative estimate of drug-likeness (QED) is 0.261. The monoisotopic (exact) mass is 615 g/mol. The van der Waals surface area contributed by atoms with Gasteiger partial charge in [0.15, 0.2) is 11.4 Å². The zero-order valence-electron chi connectivity index (χ0n) is 24.6. The molecule has 0 saturated heterocycles. The Morgan fingerprint density at radius 2 is 1.89 bits per heavy atom. The first-order valence-electron chi connectivity index (χ1n) is 14.5. The second kappa shape index (κ2) is 10.9. The lowest BCUT2D eigenvalue weighted by molar-refractivity contribution is -0.148. The average Bonchev–Trinajstić information content (AvgIpc) is 3.51. The largest absolute Gasteiger partial charge is 0.510 e. The van der Waals surface area contributed by atoms with Crippen LogP contribution in [0.15, 0.2) is 71.4 Å². The molecule has 45 heavy (non-hydrogen) atoms. The van der Waals surface area contributed by atoms with Gasteiger partial charge in [-0.3, -0.25) is 24.1 Å². The maximum Gasteiger partial charge on any atom is 0.255 e. The van der Waals surface area contributed by atoms with E-state index in [4.69, 9.17) is 10.5 Å². The van der Waals surface area contributed by atoms with Crippen LogP contribution in [-0.4, -0.2) is 87.1 Å². The fourth-order valence-electron chi connectivity index (χ4n) is 7.22. The van der Waals surface area contributed by atoms with Crippen molar-refractivity contribution >= 4 is 23.4 Å². The third kappa shape index (κ3) is 4.59. The summed E-state index contributed by atoms with van der Waals surface area (Å²) in [5.41, 5.74) is 3.52. The number of primary amides is 1. The highest BCUT2D eigenvalue weighted by molar-refractivity contribution is 6.25. The molecule has 0 radical (unpaired) electrons. The van der Waals surface area contributed by atoms with Crippen molar-refractivity contribution < 1.29 is 44.3 Å². The number of ketones is 2. The van der Waals surface area contributed by atoms with Gasteiger partial charge in [-0.2, -0.15) is 0 Å². The molecule has 3 aliphatic carbocycles. The summed E-state index contributed by atoms with van der Waals surface area (Å²) in [6, 6.07) is 8.72. The number of nitrogens with two attached hydrogens (primary N) is 1. The Balaban J connectivity index is 1.41. The number of benzene rings is 2. The molecule has 12 heteroatoms. The molecule has 0 bridgehead atoms. The summed E-state index contributed by atoms with van der Waals surface area (Å²) in [6.07, 6.45) is 4.15. The number of hydrogen-bond acceptors (Lipinski definition) is 10. The number of hydrogen-bond donors (Lipinski definition) is 6. The normalized spacial score (nSPS) is 27.2. The highest BCUT2D eigenvalue weighted by atomic mass is 16.5. The molecule has 0 spiro atoms. The molecule has 6 rings (SSSR count). The molecule has 1 heterocycles. The molecule has 7 N–H and O–H groups in total. The second-order valence-electron chi connectivity index (χ2n) is 12.1. The molecule has 2 amide bonds. The first kappa shape index (κ1) is 30.1. The van der Waals surface area contributed by atoms with Crippen molar-refractivity contribution in [2.45, 2.75) is 37.0 Å². The van der Waals surface area contributed by atoms with Gasteiger partial charge in [0.2, 0.25) is 5.78 Å². The van der Waals surface area contributed by atoms with Crippen molar-refractivity contribution in [3.63, 3.8) is 0 Å². The number of Topliss-reactive ketones (excluding diaryl/α,β-unsaturated/α-hetero) is 2. The SMILES string of the molecule is CN(C)[C@@H]1C(O)=C(C(N)=O)C(=O)[C@@]2(O)C(O)=C3C(=O)c4c(O)ccc(-c5cccc(C(=O)NCC6CC=CO6)c5)c4C[C@H]3C[C@@H]12. The molecule has 0 aromatic heterocycles. The maximum absolute atomic E-state index is 14.0. The van der Waals surface area contributed by atoms with Gasteiger partial charge in [0.25, 0.3) is 11.8 Å². The van der Waals surface area contributed by atoms with E-state index in [9.17, 15) is 39.6 Å². The number of rotatable bonds is 6. The Morgan fingerprint density at radius 3 is 2.56 bits per heavy atom. The average molecular weight is 616 g/mol. The summed E-state index contributed by atoms with van der Waals surface area (Å²) >= 11 is 0. The lowest BCUT2D eigenvalue weighted by atomic mass is 9.58. The van der Waals surface area contributed by atoms with Gasteiger partial charge in [-0.15, -0.1) is 0 Å². The van der Waals surface area contributed by atoms with Crippen molar-refractivity contribution in [3.05, 3.63) is 88.1 Å². The standard InChI is InChI=1S/C33H33N3O9/c1-36(2)26-21-13-17-12-20-19(15-5-3-6-16(11-15)32(43)35-14-18-7-4-10-45-18)8-9-22(37)24(20)27(38)23(17)29(40)33(21,44)30(41)25(28(26)39)31(34)42/h3-6,8-11,17-18,21,26,37,39-40,44H,7,12-14H2,1-2H3,(H2,34,42)(H,35,43)/t17-,18?,21-,26-,33-/m0/s1. The molecular formula is C33H33N3O9. The molecule has 2 aromatic rings. The van der Waals surface area contributed by atoms with E-state index >= 15 is 0 Å². The number of phenols is 1. The number of likely N-dealkylation sites (N-methyl/N-ethyl adjacent to an activating group) is 1. The van der Waals surface area contributed by atoms with Crippen LogP contribution < -0.4 is 11.1 Å². The number of carbonyl (C=O) groups is 4. The molecule has 0 saturated carbocycles. The summed E-state index contributed by atoms with van der Waals surface area (Å²) in [7, 11) is 3.15. The number of nitrogens with one attached hydrogen (secondary N) is 1. The Labute approximate surface area is 258 Å². The summed E-state index contributed by atoms with van der Waals surface area (Å²) in [4.78, 5) is 54.1. The number of aliphatic hydroxyl groups is 3. The van der Waals surface area contributed by atoms with Gasteiger partial charge >= 0.3 is 0 Å². The van der Waals surface area contributed by atoms with Gasteiger partial charge in [-0.1, -0.05) is 18.2 Å². The third-order valence-corrected chi connectivity index (χ3v) is 9.30. The van der Waals surface area contributed by atoms with Gasteiger partial charge in [0, 0.05) is 23.5 Å². The summed E-state index contributed by atoms with van der Waals surface area (Å²) in [5.74, 6) is -7.42. The minimum Gasteiger partial charge on any atom is -0.510 e. The number of aromatic hydroxyl groups is 1. The number of amides is 2. The number of fused-ring (bicyclic) bond motifs is 3. The molecule has 234 valence electrons. The predicted molar refractivity (Wildman–Crippen MR) is 160 cm³/mol. The molecule has 12 nitrogen and oxygen atoms in total. The smallest absolute Gasteiger partial charge is 0.255 e. The van der Waals surface area contributed by atoms with Crippen molar-refractivity contribution in [2.24, 2.45) is 17.6 Å². The number of phenolic OH excluding ortho intramolecular Hbond substituents is 1. The van der Waals surface area contributed by atoms with Crippen molar-refractivity contribution in [2.75, 3.05) is 20.6 Å². The molecule has 1 aliphatic heterocycles. The molecular weight excluding hydrogens is 582 g/mol. The Bertz CT molecular complexity index is 1750. The van der Waals surface area contributed by atoms with E-state index in [2.05, 4.69) is 5.32 Å². The highest BCUT2D eigenvalue weighted by Crippen LogP contribution is 2.53. The van der Waals surface area contributed by atoms with Crippen LogP contribution in [0.25, 0.3) is 11.1 Å². The molecule has 1 unspecified atom stereocenters. The zero-order valence-corrected chi connectivity index (χ0v) is 24.6. The lowest BCUT2D eigenvalue weighted by Crippen LogP contribution is -2.63. The van der Waals surface area contributed by atoms with Crippen molar-refractivity contribution in [3.8, 4) is 16.9 Å². The van der Waals surface area contributed by atoms with Crippen molar-refractivity contribution in [1.82, 2.24) is 10.2 Å². The maximum atomic E-state index is 14.0. The Hall–Kier alpha value is -4.94. The number of aliphatic hydroxyl groups excluding tert-OH is 2. The van der Waals surface area contributed by atoms with E-state index in [1.165, 1.54) is 11.0 Å². The van der Waals surface area contributed by atoms with Crippen LogP contribution in [-0.2, 0) is 20.7 Å². The minimum absolute atomic E-state index is 0.0264. The molecule has 2 aromatic carbocycles. The van der Waals surface area contributed by atoms with Gasteiger partial charge < -0.3 is 36.2 Å². The molecule has 5 atom stereocenters. The number of allylic oxidation sites excluding steroid dienone is 1. The first-order chi connectivity index (χ1) is 21.4. The van der Waals surface area contributed by atoms with E-state index in [-0.39, 0.29) is 41.7 Å². The Morgan fingerprint density at radius 1 is 1.13 bits per heavy atom. The summed E-state index contributed by atoms with van der Waals surface area (Å²) < 4.78 is 5.41. The van der Waals surface area contributed by atoms with Gasteiger partial charge in [0.1, 0.15) is 28.9 Å². The van der Waals surface area contributed by atoms with Crippen LogP contribution in [0.1, 0.15) is 39.1 Å². The van der Waals surface area contributed by atoms with E-state index in [1.807, 2.05) is 6.08 Å². The predicted octanol–water partition coefficient (Wildman–Crippen LogP) is 1.82. The van der Waals surface area contributed by atoms with Gasteiger partial charge in [0.05, 0.1) is 24.4 Å². The van der Waals surface area contributed by atoms with Crippen LogP contribution in [0.2, 0.25) is 0 Å². The van der Waals surface area contributed by atoms with Crippen LogP contribution in [0.3, 0.4) is 0 Å². The van der Waals surface area contributed by atoms with Gasteiger partial charge in [-0.05, 0) is 73.8 Å². The van der Waals surface area contributed by atoms with Crippen LogP contribution in [0.4, 0.5) is 0 Å². The number of nitrogens with zero attached hydrogens (tertiary/aromatic N) is 1. The fraction of sp³-hybridized carbons (Fsp3) is 0.333. The van der Waals surface area contributed by atoms with Crippen LogP contribution in [0, 0.1) is 11.8 Å². The Kier molecular flexibility index (Phi) is 7.29. The van der Waals surface area contributed by atoms with E-state index in [0.717, 1.165) is 0 Å². The zero-order chi connectivity index (χ0) is 32.4. The lowest BCUT2D eigenvalue weighted by Gasteiger charge is -2.50. The third-order valence-electron chi connectivity index (χ3n) is 9.30. The van der Waals surface area contributed by atoms with E-state index < -0.39 is 58.0 Å². The van der Waals surface area contributed by atoms with Crippen LogP contribution in [0.5, 0.6) is 5.75 Å². The van der Waals surface area contributed by atoms with E-state index in [0.29, 0.717) is 35.2 Å². The van der Waals surface area contributed by atoms with Crippen molar-refractivity contribution in [1.29, 1.82) is 0 Å². The fourth-order valence-corrected chi connectivity index (χ4v) is 7.22. The number of carbonyl (C=O) groups excluding carboxylic acids is 4. The summed E-state index contributed by atoms with van der Waals surface area (Å²) in [6.45, 7) is 0.328. The number of ether oxygens (including phenoxy) is 1. The minimum atomic E-state index is -2.71. The second-order valence-corrected chi connectivity index (χ2v) is 12.1. The molecule has 4 aliphatic rings. The van der Waals surface area contributed by atoms with Gasteiger partial charge in [-0.25, -0.2) is 0 Å². The topological polar surface area (TPSA) is 200 Å².